The Morgan fingerprint density at radius 2 is 1.69 bits per heavy atom. The summed E-state index contributed by atoms with van der Waals surface area (Å²) in [6.07, 6.45) is 11.8. The average molecular weight is 417 g/mol. The molecule has 29 heavy (non-hydrogen) atoms. The van der Waals surface area contributed by atoms with Crippen molar-refractivity contribution in [3.05, 3.63) is 11.6 Å². The number of hydrogen-bond donors (Lipinski definition) is 0. The zero-order valence-corrected chi connectivity index (χ0v) is 21.5. The molecule has 0 N–H and O–H groups in total. The van der Waals surface area contributed by atoms with E-state index < -0.39 is 9.76 Å². The fraction of sp³-hybridized carbons (Fsp3) is 0.885. The Kier molecular flexibility index (Phi) is 5.30. The molecule has 4 aliphatic carbocycles. The second-order valence-electron chi connectivity index (χ2n) is 13.1. The minimum absolute atomic E-state index is 0.0106. The van der Waals surface area contributed by atoms with Gasteiger partial charge in [-0.15, -0.1) is 0 Å². The number of ketones is 1. The third kappa shape index (κ3) is 3.62. The smallest absolute Gasteiger partial charge is 0.167 e. The van der Waals surface area contributed by atoms with Gasteiger partial charge in [-0.2, -0.15) is 0 Å². The van der Waals surface area contributed by atoms with E-state index in [-0.39, 0.29) is 5.60 Å². The van der Waals surface area contributed by atoms with Crippen LogP contribution in [0.4, 0.5) is 0 Å². The molecule has 0 saturated heterocycles. The normalized spacial score (nSPS) is 43.1. The Morgan fingerprint density at radius 1 is 0.966 bits per heavy atom. The minimum Gasteiger partial charge on any atom is -0.418 e. The molecule has 1 unspecified atom stereocenters. The molecule has 0 aromatic heterocycles. The average Bonchev–Trinajstić information content (AvgIpc) is 2.98. The van der Waals surface area contributed by atoms with Gasteiger partial charge in [0.2, 0.25) is 0 Å². The van der Waals surface area contributed by atoms with Gasteiger partial charge in [-0.3, -0.25) is 4.79 Å². The van der Waals surface area contributed by atoms with Gasteiger partial charge >= 0.3 is 0 Å². The van der Waals surface area contributed by atoms with Crippen LogP contribution >= 0.6 is 0 Å². The van der Waals surface area contributed by atoms with Gasteiger partial charge in [-0.25, -0.2) is 0 Å². The van der Waals surface area contributed by atoms with Gasteiger partial charge in [-0.05, 0) is 104 Å². The van der Waals surface area contributed by atoms with Gasteiger partial charge in [0.1, 0.15) is 0 Å². The fourth-order valence-electron chi connectivity index (χ4n) is 8.20. The van der Waals surface area contributed by atoms with Crippen LogP contribution in [0.15, 0.2) is 11.6 Å². The SMILES string of the molecule is CC(C)(C)[SiH2]OC(C)(C)C1CC[C@H]2[C@@H]3CCC4=CC(=O)CC[C@]4(C)[C@@H]3CC[C@]12C. The Labute approximate surface area is 181 Å². The van der Waals surface area contributed by atoms with Crippen molar-refractivity contribution in [2.24, 2.45) is 34.5 Å². The summed E-state index contributed by atoms with van der Waals surface area (Å²) in [6.45, 7) is 16.9. The summed E-state index contributed by atoms with van der Waals surface area (Å²) in [5.41, 5.74) is 2.23. The molecular weight excluding hydrogens is 372 g/mol. The fourth-order valence-corrected chi connectivity index (χ4v) is 9.21. The lowest BCUT2D eigenvalue weighted by atomic mass is 9.46. The molecule has 0 bridgehead atoms. The number of hydrogen-bond acceptors (Lipinski definition) is 2. The predicted molar refractivity (Wildman–Crippen MR) is 124 cm³/mol. The van der Waals surface area contributed by atoms with Crippen molar-refractivity contribution < 1.29 is 9.22 Å². The van der Waals surface area contributed by atoms with Crippen LogP contribution in [0.5, 0.6) is 0 Å². The first-order chi connectivity index (χ1) is 13.4. The molecular formula is C26H44O2Si. The summed E-state index contributed by atoms with van der Waals surface area (Å²) >= 11 is 0. The van der Waals surface area contributed by atoms with Crippen LogP contribution in [-0.2, 0) is 9.22 Å². The molecule has 4 rings (SSSR count). The third-order valence-electron chi connectivity index (χ3n) is 9.68. The van der Waals surface area contributed by atoms with E-state index in [2.05, 4.69) is 48.5 Å². The quantitative estimate of drug-likeness (QED) is 0.510. The van der Waals surface area contributed by atoms with Crippen LogP contribution in [0.1, 0.15) is 99.8 Å². The van der Waals surface area contributed by atoms with E-state index >= 15 is 0 Å². The Morgan fingerprint density at radius 3 is 2.38 bits per heavy atom. The van der Waals surface area contributed by atoms with Gasteiger partial charge in [0.05, 0.1) is 5.60 Å². The van der Waals surface area contributed by atoms with Gasteiger partial charge in [0.25, 0.3) is 0 Å². The number of allylic oxidation sites excluding steroid dienone is 1. The van der Waals surface area contributed by atoms with E-state index in [1.54, 1.807) is 0 Å². The molecule has 3 saturated carbocycles. The van der Waals surface area contributed by atoms with Crippen LogP contribution in [0, 0.1) is 34.5 Å². The summed E-state index contributed by atoms with van der Waals surface area (Å²) in [5.74, 6) is 3.56. The van der Waals surface area contributed by atoms with Crippen molar-refractivity contribution >= 4 is 15.5 Å². The van der Waals surface area contributed by atoms with Crippen LogP contribution in [0.3, 0.4) is 0 Å². The van der Waals surface area contributed by atoms with Crippen molar-refractivity contribution in [2.45, 2.75) is 110 Å². The molecule has 0 aromatic carbocycles. The van der Waals surface area contributed by atoms with E-state index in [0.717, 1.165) is 37.0 Å². The van der Waals surface area contributed by atoms with Crippen LogP contribution < -0.4 is 0 Å². The monoisotopic (exact) mass is 416 g/mol. The van der Waals surface area contributed by atoms with Gasteiger partial charge in [-0.1, -0.05) is 40.2 Å². The zero-order chi connectivity index (χ0) is 21.2. The molecule has 0 amide bonds. The molecule has 0 aliphatic heterocycles. The summed E-state index contributed by atoms with van der Waals surface area (Å²) in [7, 11) is -0.540. The predicted octanol–water partition coefficient (Wildman–Crippen LogP) is 6.23. The summed E-state index contributed by atoms with van der Waals surface area (Å²) in [6, 6.07) is 0. The lowest BCUT2D eigenvalue weighted by Crippen LogP contribution is -2.53. The van der Waals surface area contributed by atoms with Crippen LogP contribution in [-0.4, -0.2) is 21.1 Å². The van der Waals surface area contributed by atoms with Crippen LogP contribution in [0.2, 0.25) is 5.04 Å². The summed E-state index contributed by atoms with van der Waals surface area (Å²) < 4.78 is 6.74. The molecule has 0 spiro atoms. The Balaban J connectivity index is 1.56. The van der Waals surface area contributed by atoms with Gasteiger partial charge < -0.3 is 4.43 Å². The molecule has 0 heterocycles. The number of fused-ring (bicyclic) bond motifs is 5. The minimum atomic E-state index is -0.540. The highest BCUT2D eigenvalue weighted by Gasteiger charge is 2.61. The third-order valence-corrected chi connectivity index (χ3v) is 11.4. The first kappa shape index (κ1) is 21.8. The largest absolute Gasteiger partial charge is 0.418 e. The summed E-state index contributed by atoms with van der Waals surface area (Å²) in [5, 5.41) is 0.354. The Bertz CT molecular complexity index is 702. The lowest BCUT2D eigenvalue weighted by molar-refractivity contribution is -0.118. The van der Waals surface area contributed by atoms with Crippen molar-refractivity contribution in [1.29, 1.82) is 0 Å². The molecule has 0 radical (unpaired) electrons. The number of rotatable bonds is 3. The van der Waals surface area contributed by atoms with Gasteiger partial charge in [0, 0.05) is 6.42 Å². The van der Waals surface area contributed by atoms with Gasteiger partial charge in [0.15, 0.2) is 15.5 Å². The van der Waals surface area contributed by atoms with E-state index in [0.29, 0.717) is 27.6 Å². The maximum Gasteiger partial charge on any atom is 0.167 e. The molecule has 6 atom stereocenters. The van der Waals surface area contributed by atoms with Crippen molar-refractivity contribution in [3.63, 3.8) is 0 Å². The molecule has 0 aromatic rings. The molecule has 3 heteroatoms. The first-order valence-corrected chi connectivity index (χ1v) is 13.5. The highest BCUT2D eigenvalue weighted by Crippen LogP contribution is 2.68. The number of carbonyl (C=O) groups is 1. The second-order valence-corrected chi connectivity index (χ2v) is 15.8. The molecule has 164 valence electrons. The number of carbonyl (C=O) groups excluding carboxylic acids is 1. The van der Waals surface area contributed by atoms with Crippen molar-refractivity contribution in [2.75, 3.05) is 0 Å². The molecule has 3 fully saturated rings. The standard InChI is InChI=1S/C26H44O2Si/c1-23(2,3)29-28-24(4,5)22-11-10-20-19-9-8-17-16-18(27)12-14-25(17,6)21(19)13-15-26(20,22)7/h16,19-22H,8-15,29H2,1-7H3/t19-,20-,21+,22?,25-,26-/m0/s1. The van der Waals surface area contributed by atoms with Crippen LogP contribution in [0.25, 0.3) is 0 Å². The van der Waals surface area contributed by atoms with Crippen molar-refractivity contribution in [1.82, 2.24) is 0 Å². The topological polar surface area (TPSA) is 26.3 Å². The van der Waals surface area contributed by atoms with E-state index in [9.17, 15) is 4.79 Å². The highest BCUT2D eigenvalue weighted by atomic mass is 28.2. The van der Waals surface area contributed by atoms with Crippen molar-refractivity contribution in [3.8, 4) is 0 Å². The first-order valence-electron chi connectivity index (χ1n) is 12.2. The van der Waals surface area contributed by atoms with E-state index in [1.165, 1.54) is 37.7 Å². The maximum absolute atomic E-state index is 12.1. The summed E-state index contributed by atoms with van der Waals surface area (Å²) in [4.78, 5) is 12.1. The highest BCUT2D eigenvalue weighted by molar-refractivity contribution is 6.31. The Hall–Kier alpha value is -0.413. The van der Waals surface area contributed by atoms with E-state index in [1.807, 2.05) is 6.08 Å². The maximum atomic E-state index is 12.1. The second kappa shape index (κ2) is 7.05. The van der Waals surface area contributed by atoms with E-state index in [4.69, 9.17) is 4.43 Å². The molecule has 4 aliphatic rings. The zero-order valence-electron chi connectivity index (χ0n) is 20.1. The molecule has 2 nitrogen and oxygen atoms in total. The lowest BCUT2D eigenvalue weighted by Gasteiger charge is -2.59.